The SMILES string of the molecule is C[C@@H](NC1c2ccccc2CC1(C)C)c1ccccc1. The molecule has 2 atom stereocenters. The van der Waals surface area contributed by atoms with Crippen LogP contribution < -0.4 is 5.32 Å². The van der Waals surface area contributed by atoms with Crippen LogP contribution in [0.15, 0.2) is 54.6 Å². The molecule has 20 heavy (non-hydrogen) atoms. The Balaban J connectivity index is 1.86. The molecule has 0 fully saturated rings. The lowest BCUT2D eigenvalue weighted by molar-refractivity contribution is 0.252. The monoisotopic (exact) mass is 265 g/mol. The minimum absolute atomic E-state index is 0.271. The van der Waals surface area contributed by atoms with Gasteiger partial charge in [-0.05, 0) is 35.4 Å². The maximum absolute atomic E-state index is 3.84. The van der Waals surface area contributed by atoms with Gasteiger partial charge in [0.05, 0.1) is 0 Å². The van der Waals surface area contributed by atoms with E-state index in [2.05, 4.69) is 80.7 Å². The van der Waals surface area contributed by atoms with Crippen molar-refractivity contribution in [1.29, 1.82) is 0 Å². The van der Waals surface area contributed by atoms with E-state index in [-0.39, 0.29) is 5.41 Å². The number of hydrogen-bond donors (Lipinski definition) is 1. The molecule has 0 saturated heterocycles. The topological polar surface area (TPSA) is 12.0 Å². The molecule has 1 heteroatoms. The molecule has 0 radical (unpaired) electrons. The van der Waals surface area contributed by atoms with Crippen LogP contribution in [0.2, 0.25) is 0 Å². The second-order valence-corrected chi connectivity index (χ2v) is 6.60. The average molecular weight is 265 g/mol. The van der Waals surface area contributed by atoms with Crippen LogP contribution in [0.4, 0.5) is 0 Å². The van der Waals surface area contributed by atoms with E-state index >= 15 is 0 Å². The van der Waals surface area contributed by atoms with Crippen molar-refractivity contribution in [3.8, 4) is 0 Å². The third kappa shape index (κ3) is 2.38. The molecule has 1 N–H and O–H groups in total. The first-order valence-corrected chi connectivity index (χ1v) is 7.47. The van der Waals surface area contributed by atoms with E-state index in [9.17, 15) is 0 Å². The van der Waals surface area contributed by atoms with Crippen LogP contribution in [0, 0.1) is 5.41 Å². The first-order valence-electron chi connectivity index (χ1n) is 7.47. The van der Waals surface area contributed by atoms with Gasteiger partial charge in [0.25, 0.3) is 0 Å². The van der Waals surface area contributed by atoms with Gasteiger partial charge in [0.15, 0.2) is 0 Å². The number of nitrogens with one attached hydrogen (secondary N) is 1. The molecule has 0 aromatic heterocycles. The Morgan fingerprint density at radius 2 is 1.65 bits per heavy atom. The Hall–Kier alpha value is -1.60. The van der Waals surface area contributed by atoms with Crippen LogP contribution in [0.5, 0.6) is 0 Å². The molecule has 0 bridgehead atoms. The van der Waals surface area contributed by atoms with Crippen molar-refractivity contribution in [1.82, 2.24) is 5.32 Å². The predicted octanol–water partition coefficient (Wildman–Crippen LogP) is 4.66. The van der Waals surface area contributed by atoms with Crippen molar-refractivity contribution in [2.24, 2.45) is 5.41 Å². The van der Waals surface area contributed by atoms with Crippen LogP contribution in [0.25, 0.3) is 0 Å². The van der Waals surface area contributed by atoms with Gasteiger partial charge in [-0.25, -0.2) is 0 Å². The number of hydrogen-bond acceptors (Lipinski definition) is 1. The smallest absolute Gasteiger partial charge is 0.0382 e. The van der Waals surface area contributed by atoms with Crippen LogP contribution in [-0.2, 0) is 6.42 Å². The number of rotatable bonds is 3. The van der Waals surface area contributed by atoms with Gasteiger partial charge in [-0.15, -0.1) is 0 Å². The third-order valence-corrected chi connectivity index (χ3v) is 4.51. The van der Waals surface area contributed by atoms with E-state index in [0.717, 1.165) is 6.42 Å². The van der Waals surface area contributed by atoms with Crippen molar-refractivity contribution in [3.63, 3.8) is 0 Å². The zero-order valence-corrected chi connectivity index (χ0v) is 12.6. The molecule has 1 aliphatic carbocycles. The average Bonchev–Trinajstić information content (AvgIpc) is 2.70. The van der Waals surface area contributed by atoms with Gasteiger partial charge in [-0.3, -0.25) is 0 Å². The molecule has 1 nitrogen and oxygen atoms in total. The quantitative estimate of drug-likeness (QED) is 0.851. The van der Waals surface area contributed by atoms with Crippen molar-refractivity contribution in [2.75, 3.05) is 0 Å². The molecule has 3 rings (SSSR count). The summed E-state index contributed by atoms with van der Waals surface area (Å²) in [6.07, 6.45) is 1.16. The second kappa shape index (κ2) is 5.06. The zero-order chi connectivity index (χ0) is 14.2. The number of benzene rings is 2. The summed E-state index contributed by atoms with van der Waals surface area (Å²) in [6, 6.07) is 20.3. The highest BCUT2D eigenvalue weighted by atomic mass is 15.0. The molecule has 0 heterocycles. The molecule has 1 aliphatic rings. The fraction of sp³-hybridized carbons (Fsp3) is 0.368. The summed E-state index contributed by atoms with van der Waals surface area (Å²) in [6.45, 7) is 6.98. The van der Waals surface area contributed by atoms with E-state index in [1.54, 1.807) is 0 Å². The molecule has 1 unspecified atom stereocenters. The summed E-state index contributed by atoms with van der Waals surface area (Å²) in [5.74, 6) is 0. The summed E-state index contributed by atoms with van der Waals surface area (Å²) in [4.78, 5) is 0. The molecule has 2 aromatic rings. The van der Waals surface area contributed by atoms with Gasteiger partial charge in [0, 0.05) is 12.1 Å². The first-order chi connectivity index (χ1) is 9.58. The van der Waals surface area contributed by atoms with Crippen LogP contribution in [0.3, 0.4) is 0 Å². The summed E-state index contributed by atoms with van der Waals surface area (Å²) in [7, 11) is 0. The van der Waals surface area contributed by atoms with Gasteiger partial charge in [-0.1, -0.05) is 68.4 Å². The van der Waals surface area contributed by atoms with Crippen LogP contribution >= 0.6 is 0 Å². The number of fused-ring (bicyclic) bond motifs is 1. The second-order valence-electron chi connectivity index (χ2n) is 6.60. The summed E-state index contributed by atoms with van der Waals surface area (Å²) < 4.78 is 0. The maximum Gasteiger partial charge on any atom is 0.0382 e. The highest BCUT2D eigenvalue weighted by molar-refractivity contribution is 5.38. The lowest BCUT2D eigenvalue weighted by Crippen LogP contribution is -2.33. The Labute approximate surface area is 122 Å². The summed E-state index contributed by atoms with van der Waals surface area (Å²) in [5, 5.41) is 3.84. The summed E-state index contributed by atoms with van der Waals surface area (Å²) >= 11 is 0. The van der Waals surface area contributed by atoms with E-state index in [1.807, 2.05) is 0 Å². The fourth-order valence-electron chi connectivity index (χ4n) is 3.39. The maximum atomic E-state index is 3.84. The van der Waals surface area contributed by atoms with E-state index in [1.165, 1.54) is 16.7 Å². The molecular formula is C19H23N. The third-order valence-electron chi connectivity index (χ3n) is 4.51. The molecule has 0 amide bonds. The molecule has 0 aliphatic heterocycles. The molecule has 0 spiro atoms. The molecule has 0 saturated carbocycles. The highest BCUT2D eigenvalue weighted by Gasteiger charge is 2.39. The Kier molecular flexibility index (Phi) is 3.39. The van der Waals surface area contributed by atoms with E-state index in [0.29, 0.717) is 12.1 Å². The zero-order valence-electron chi connectivity index (χ0n) is 12.6. The first kappa shape index (κ1) is 13.4. The van der Waals surface area contributed by atoms with E-state index < -0.39 is 0 Å². The molecule has 104 valence electrons. The largest absolute Gasteiger partial charge is 0.303 e. The summed E-state index contributed by atoms with van der Waals surface area (Å²) in [5.41, 5.74) is 4.59. The Morgan fingerprint density at radius 3 is 2.40 bits per heavy atom. The van der Waals surface area contributed by atoms with Gasteiger partial charge < -0.3 is 5.32 Å². The van der Waals surface area contributed by atoms with E-state index in [4.69, 9.17) is 0 Å². The van der Waals surface area contributed by atoms with Crippen molar-refractivity contribution < 1.29 is 0 Å². The fourth-order valence-corrected chi connectivity index (χ4v) is 3.39. The highest BCUT2D eigenvalue weighted by Crippen LogP contribution is 2.45. The Bertz CT molecular complexity index is 586. The van der Waals surface area contributed by atoms with Crippen molar-refractivity contribution in [3.05, 3.63) is 71.3 Å². The van der Waals surface area contributed by atoms with Gasteiger partial charge in [0.2, 0.25) is 0 Å². The van der Waals surface area contributed by atoms with Crippen molar-refractivity contribution >= 4 is 0 Å². The normalized spacial score (nSPS) is 21.4. The lowest BCUT2D eigenvalue weighted by atomic mass is 9.84. The Morgan fingerprint density at radius 1 is 1.00 bits per heavy atom. The van der Waals surface area contributed by atoms with Gasteiger partial charge >= 0.3 is 0 Å². The minimum Gasteiger partial charge on any atom is -0.303 e. The predicted molar refractivity (Wildman–Crippen MR) is 84.7 cm³/mol. The van der Waals surface area contributed by atoms with Crippen LogP contribution in [-0.4, -0.2) is 0 Å². The van der Waals surface area contributed by atoms with Crippen LogP contribution in [0.1, 0.15) is 49.5 Å². The van der Waals surface area contributed by atoms with Crippen molar-refractivity contribution in [2.45, 2.75) is 39.3 Å². The lowest BCUT2D eigenvalue weighted by Gasteiger charge is -2.31. The molecular weight excluding hydrogens is 242 g/mol. The minimum atomic E-state index is 0.271. The molecule has 2 aromatic carbocycles. The standard InChI is InChI=1S/C19H23N/c1-14(15-9-5-4-6-10-15)20-18-17-12-8-7-11-16(17)13-19(18,2)3/h4-12,14,18,20H,13H2,1-3H3/t14-,18?/m1/s1. The van der Waals surface area contributed by atoms with Gasteiger partial charge in [0.1, 0.15) is 0 Å². The van der Waals surface area contributed by atoms with Gasteiger partial charge in [-0.2, -0.15) is 0 Å².